The van der Waals surface area contributed by atoms with E-state index in [1.807, 2.05) is 35.1 Å². The zero-order valence-corrected chi connectivity index (χ0v) is 12.2. The molecule has 0 radical (unpaired) electrons. The second kappa shape index (κ2) is 6.73. The van der Waals surface area contributed by atoms with Crippen LogP contribution in [0.25, 0.3) is 5.69 Å². The summed E-state index contributed by atoms with van der Waals surface area (Å²) in [5, 5.41) is 8.60. The maximum Gasteiger partial charge on any atom is 0.0835 e. The van der Waals surface area contributed by atoms with E-state index in [-0.39, 0.29) is 0 Å². The Hall–Kier alpha value is -1.32. The zero-order chi connectivity index (χ0) is 13.7. The van der Waals surface area contributed by atoms with Crippen LogP contribution in [-0.4, -0.2) is 16.3 Å². The number of halogens is 1. The van der Waals surface area contributed by atoms with Crippen molar-refractivity contribution in [2.24, 2.45) is 0 Å². The van der Waals surface area contributed by atoms with E-state index in [2.05, 4.69) is 24.3 Å². The van der Waals surface area contributed by atoms with Crippen LogP contribution in [0, 0.1) is 0 Å². The highest BCUT2D eigenvalue weighted by atomic mass is 35.5. The minimum atomic E-state index is 0.734. The Morgan fingerprint density at radius 2 is 2.05 bits per heavy atom. The molecule has 102 valence electrons. The Kier molecular flexibility index (Phi) is 5.00. The van der Waals surface area contributed by atoms with Gasteiger partial charge in [0, 0.05) is 17.8 Å². The standard InChI is InChI=1S/C15H20ClN3/c1-3-7-14-12(10-17-4-2)11-18-19(14)15-9-6-5-8-13(15)16/h5-6,8-9,11,17H,3-4,7,10H2,1-2H3. The van der Waals surface area contributed by atoms with E-state index in [4.69, 9.17) is 11.6 Å². The van der Waals surface area contributed by atoms with Crippen molar-refractivity contribution in [1.82, 2.24) is 15.1 Å². The monoisotopic (exact) mass is 277 g/mol. The maximum atomic E-state index is 6.27. The molecule has 0 aliphatic heterocycles. The molecule has 1 aromatic carbocycles. The Morgan fingerprint density at radius 3 is 2.74 bits per heavy atom. The van der Waals surface area contributed by atoms with Crippen LogP contribution in [0.2, 0.25) is 5.02 Å². The third-order valence-electron chi connectivity index (χ3n) is 3.09. The van der Waals surface area contributed by atoms with Gasteiger partial charge in [-0.1, -0.05) is 44.0 Å². The van der Waals surface area contributed by atoms with Crippen LogP contribution >= 0.6 is 11.6 Å². The van der Waals surface area contributed by atoms with Crippen LogP contribution in [0.15, 0.2) is 30.5 Å². The lowest BCUT2D eigenvalue weighted by molar-refractivity contribution is 0.707. The summed E-state index contributed by atoms with van der Waals surface area (Å²) in [5.41, 5.74) is 3.45. The van der Waals surface area contributed by atoms with E-state index < -0.39 is 0 Å². The molecule has 1 N–H and O–H groups in total. The van der Waals surface area contributed by atoms with Gasteiger partial charge in [0.1, 0.15) is 0 Å². The average Bonchev–Trinajstić information content (AvgIpc) is 2.80. The summed E-state index contributed by atoms with van der Waals surface area (Å²) in [7, 11) is 0. The summed E-state index contributed by atoms with van der Waals surface area (Å²) in [6.45, 7) is 6.11. The van der Waals surface area contributed by atoms with Crippen molar-refractivity contribution < 1.29 is 0 Å². The first-order valence-electron chi connectivity index (χ1n) is 6.79. The molecule has 2 rings (SSSR count). The first-order valence-corrected chi connectivity index (χ1v) is 7.17. The van der Waals surface area contributed by atoms with E-state index in [0.29, 0.717) is 0 Å². The van der Waals surface area contributed by atoms with Crippen molar-refractivity contribution >= 4 is 11.6 Å². The lowest BCUT2D eigenvalue weighted by Crippen LogP contribution is -2.13. The molecule has 1 aromatic heterocycles. The molecule has 0 fully saturated rings. The van der Waals surface area contributed by atoms with Gasteiger partial charge in [-0.15, -0.1) is 0 Å². The van der Waals surface area contributed by atoms with E-state index in [0.717, 1.165) is 36.6 Å². The van der Waals surface area contributed by atoms with Gasteiger partial charge in [0.2, 0.25) is 0 Å². The van der Waals surface area contributed by atoms with Crippen LogP contribution in [0.1, 0.15) is 31.5 Å². The van der Waals surface area contributed by atoms with Gasteiger partial charge in [0.15, 0.2) is 0 Å². The summed E-state index contributed by atoms with van der Waals surface area (Å²) < 4.78 is 1.97. The quantitative estimate of drug-likeness (QED) is 0.874. The fourth-order valence-electron chi connectivity index (χ4n) is 2.15. The topological polar surface area (TPSA) is 29.9 Å². The Balaban J connectivity index is 2.40. The average molecular weight is 278 g/mol. The van der Waals surface area contributed by atoms with Crippen molar-refractivity contribution in [3.05, 3.63) is 46.7 Å². The smallest absolute Gasteiger partial charge is 0.0835 e. The minimum Gasteiger partial charge on any atom is -0.313 e. The van der Waals surface area contributed by atoms with Gasteiger partial charge >= 0.3 is 0 Å². The largest absolute Gasteiger partial charge is 0.313 e. The number of hydrogen-bond acceptors (Lipinski definition) is 2. The summed E-state index contributed by atoms with van der Waals surface area (Å²) >= 11 is 6.27. The van der Waals surface area contributed by atoms with Gasteiger partial charge in [0.25, 0.3) is 0 Å². The molecule has 0 aliphatic rings. The first-order chi connectivity index (χ1) is 9.27. The molecule has 4 heteroatoms. The summed E-state index contributed by atoms with van der Waals surface area (Å²) in [4.78, 5) is 0. The third kappa shape index (κ3) is 3.17. The number of nitrogens with one attached hydrogen (secondary N) is 1. The van der Waals surface area contributed by atoms with E-state index in [9.17, 15) is 0 Å². The minimum absolute atomic E-state index is 0.734. The Labute approximate surface area is 119 Å². The molecule has 0 unspecified atom stereocenters. The summed E-state index contributed by atoms with van der Waals surface area (Å²) in [6, 6.07) is 7.83. The lowest BCUT2D eigenvalue weighted by Gasteiger charge is -2.10. The molecule has 19 heavy (non-hydrogen) atoms. The van der Waals surface area contributed by atoms with E-state index >= 15 is 0 Å². The van der Waals surface area contributed by atoms with Gasteiger partial charge in [-0.05, 0) is 25.1 Å². The van der Waals surface area contributed by atoms with Crippen molar-refractivity contribution in [3.8, 4) is 5.69 Å². The molecule has 3 nitrogen and oxygen atoms in total. The van der Waals surface area contributed by atoms with Crippen LogP contribution in [0.5, 0.6) is 0 Å². The molecule has 0 amide bonds. The SMILES string of the molecule is CCCc1c(CNCC)cnn1-c1ccccc1Cl. The Morgan fingerprint density at radius 1 is 1.26 bits per heavy atom. The molecule has 0 spiro atoms. The second-order valence-electron chi connectivity index (χ2n) is 4.51. The normalized spacial score (nSPS) is 10.9. The number of benzene rings is 1. The van der Waals surface area contributed by atoms with Gasteiger partial charge in [-0.2, -0.15) is 5.10 Å². The number of nitrogens with zero attached hydrogens (tertiary/aromatic N) is 2. The molecule has 2 aromatic rings. The van der Waals surface area contributed by atoms with Gasteiger partial charge in [-0.25, -0.2) is 4.68 Å². The number of para-hydroxylation sites is 1. The zero-order valence-electron chi connectivity index (χ0n) is 11.5. The highest BCUT2D eigenvalue weighted by Crippen LogP contribution is 2.23. The van der Waals surface area contributed by atoms with Gasteiger partial charge < -0.3 is 5.32 Å². The van der Waals surface area contributed by atoms with Crippen LogP contribution < -0.4 is 5.32 Å². The van der Waals surface area contributed by atoms with Gasteiger partial charge in [0.05, 0.1) is 16.9 Å². The van der Waals surface area contributed by atoms with Crippen LogP contribution in [0.3, 0.4) is 0 Å². The third-order valence-corrected chi connectivity index (χ3v) is 3.41. The van der Waals surface area contributed by atoms with Gasteiger partial charge in [-0.3, -0.25) is 0 Å². The summed E-state index contributed by atoms with van der Waals surface area (Å²) in [6.07, 6.45) is 4.04. The maximum absolute atomic E-state index is 6.27. The molecule has 0 aliphatic carbocycles. The van der Waals surface area contributed by atoms with Crippen LogP contribution in [0.4, 0.5) is 0 Å². The summed E-state index contributed by atoms with van der Waals surface area (Å²) in [5.74, 6) is 0. The molecule has 0 bridgehead atoms. The van der Waals surface area contributed by atoms with Crippen molar-refractivity contribution in [2.45, 2.75) is 33.2 Å². The molecule has 0 atom stereocenters. The van der Waals surface area contributed by atoms with Crippen molar-refractivity contribution in [3.63, 3.8) is 0 Å². The van der Waals surface area contributed by atoms with Crippen molar-refractivity contribution in [2.75, 3.05) is 6.54 Å². The highest BCUT2D eigenvalue weighted by Gasteiger charge is 2.12. The molecule has 0 saturated heterocycles. The second-order valence-corrected chi connectivity index (χ2v) is 4.92. The molecular formula is C15H20ClN3. The van der Waals surface area contributed by atoms with E-state index in [1.165, 1.54) is 11.3 Å². The highest BCUT2D eigenvalue weighted by molar-refractivity contribution is 6.32. The first kappa shape index (κ1) is 14.1. The number of aromatic nitrogens is 2. The molecule has 0 saturated carbocycles. The fourth-order valence-corrected chi connectivity index (χ4v) is 2.37. The van der Waals surface area contributed by atoms with Crippen LogP contribution in [-0.2, 0) is 13.0 Å². The Bertz CT molecular complexity index is 534. The predicted molar refractivity (Wildman–Crippen MR) is 79.9 cm³/mol. The number of rotatable bonds is 6. The van der Waals surface area contributed by atoms with E-state index in [1.54, 1.807) is 0 Å². The predicted octanol–water partition coefficient (Wildman–Crippen LogP) is 3.59. The molecule has 1 heterocycles. The number of hydrogen-bond donors (Lipinski definition) is 1. The fraction of sp³-hybridized carbons (Fsp3) is 0.400. The van der Waals surface area contributed by atoms with Crippen molar-refractivity contribution in [1.29, 1.82) is 0 Å². The lowest BCUT2D eigenvalue weighted by atomic mass is 10.1. The molecular weight excluding hydrogens is 258 g/mol.